The van der Waals surface area contributed by atoms with Gasteiger partial charge in [0.05, 0.1) is 0 Å². The van der Waals surface area contributed by atoms with Crippen LogP contribution in [0.5, 0.6) is 0 Å². The third-order valence-electron chi connectivity index (χ3n) is 4.04. The number of fused-ring (bicyclic) bond motifs is 1. The molecule has 0 radical (unpaired) electrons. The highest BCUT2D eigenvalue weighted by Gasteiger charge is 2.22. The number of nitrogens with one attached hydrogen (secondary N) is 2. The summed E-state index contributed by atoms with van der Waals surface area (Å²) in [4.78, 5) is 12.1. The van der Waals surface area contributed by atoms with Gasteiger partial charge in [-0.15, -0.1) is 0 Å². The largest absolute Gasteiger partial charge is 0.385 e. The number of carbonyl (C=O) groups is 1. The fourth-order valence-corrected chi connectivity index (χ4v) is 2.97. The van der Waals surface area contributed by atoms with Crippen LogP contribution in [0.1, 0.15) is 37.7 Å². The highest BCUT2D eigenvalue weighted by molar-refractivity contribution is 5.93. The summed E-state index contributed by atoms with van der Waals surface area (Å²) in [5.41, 5.74) is 3.48. The van der Waals surface area contributed by atoms with Gasteiger partial charge in [-0.3, -0.25) is 4.79 Å². The van der Waals surface area contributed by atoms with Gasteiger partial charge in [0.15, 0.2) is 0 Å². The first-order valence-electron chi connectivity index (χ1n) is 7.00. The molecule has 1 aromatic carbocycles. The van der Waals surface area contributed by atoms with Gasteiger partial charge in [0.25, 0.3) is 0 Å². The lowest BCUT2D eigenvalue weighted by Crippen LogP contribution is -2.20. The number of hydrogen-bond acceptors (Lipinski definition) is 2. The summed E-state index contributed by atoms with van der Waals surface area (Å²) in [7, 11) is 0. The van der Waals surface area contributed by atoms with Crippen LogP contribution in [0.3, 0.4) is 0 Å². The number of aryl methyl sites for hydroxylation is 1. The summed E-state index contributed by atoms with van der Waals surface area (Å²) < 4.78 is 0. The molecule has 3 rings (SSSR count). The Labute approximate surface area is 108 Å². The van der Waals surface area contributed by atoms with Gasteiger partial charge in [-0.25, -0.2) is 0 Å². The van der Waals surface area contributed by atoms with E-state index in [1.54, 1.807) is 0 Å². The smallest absolute Gasteiger partial charge is 0.227 e. The average Bonchev–Trinajstić information content (AvgIpc) is 2.92. The number of anilines is 2. The molecule has 1 aromatic rings. The van der Waals surface area contributed by atoms with Gasteiger partial charge in [-0.05, 0) is 43.4 Å². The van der Waals surface area contributed by atoms with E-state index >= 15 is 0 Å². The zero-order chi connectivity index (χ0) is 12.4. The lowest BCUT2D eigenvalue weighted by atomic mass is 10.0. The molecule has 3 heteroatoms. The minimum Gasteiger partial charge on any atom is -0.385 e. The second kappa shape index (κ2) is 5.01. The van der Waals surface area contributed by atoms with Crippen LogP contribution >= 0.6 is 0 Å². The summed E-state index contributed by atoms with van der Waals surface area (Å²) in [5.74, 6) is 0.428. The van der Waals surface area contributed by atoms with Gasteiger partial charge in [0.2, 0.25) is 5.91 Å². The van der Waals surface area contributed by atoms with Crippen molar-refractivity contribution in [3.63, 3.8) is 0 Å². The Bertz CT molecular complexity index is 450. The summed E-state index contributed by atoms with van der Waals surface area (Å²) in [6.45, 7) is 1.03. The first-order chi connectivity index (χ1) is 8.83. The monoisotopic (exact) mass is 244 g/mol. The van der Waals surface area contributed by atoms with Crippen LogP contribution in [0.4, 0.5) is 11.4 Å². The number of carbonyl (C=O) groups excluding carboxylic acids is 1. The molecule has 2 N–H and O–H groups in total. The third kappa shape index (κ3) is 2.35. The van der Waals surface area contributed by atoms with E-state index in [9.17, 15) is 4.79 Å². The molecule has 1 saturated carbocycles. The summed E-state index contributed by atoms with van der Waals surface area (Å²) in [5, 5.41) is 6.45. The van der Waals surface area contributed by atoms with E-state index in [1.807, 2.05) is 6.07 Å². The fraction of sp³-hybridized carbons (Fsp3) is 0.533. The Balaban J connectivity index is 1.70. The van der Waals surface area contributed by atoms with Gasteiger partial charge in [0, 0.05) is 23.8 Å². The maximum Gasteiger partial charge on any atom is 0.227 e. The molecule has 1 amide bonds. The lowest BCUT2D eigenvalue weighted by Gasteiger charge is -2.19. The molecule has 0 spiro atoms. The van der Waals surface area contributed by atoms with E-state index in [0.29, 0.717) is 0 Å². The SMILES string of the molecule is O=C(Nc1ccc2c(c1)NCCC2)C1CCCC1. The second-order valence-electron chi connectivity index (χ2n) is 5.37. The highest BCUT2D eigenvalue weighted by atomic mass is 16.1. The number of rotatable bonds is 2. The van der Waals surface area contributed by atoms with Crippen LogP contribution in [-0.4, -0.2) is 12.5 Å². The predicted molar refractivity (Wildman–Crippen MR) is 73.8 cm³/mol. The Kier molecular flexibility index (Phi) is 3.22. The quantitative estimate of drug-likeness (QED) is 0.839. The standard InChI is InChI=1S/C15H20N2O/c18-15(12-4-1-2-5-12)17-13-8-7-11-6-3-9-16-14(11)10-13/h7-8,10,12,16H,1-6,9H2,(H,17,18). The van der Waals surface area contributed by atoms with Gasteiger partial charge in [0.1, 0.15) is 0 Å². The molecule has 1 fully saturated rings. The van der Waals surface area contributed by atoms with Crippen LogP contribution in [0.25, 0.3) is 0 Å². The molecule has 1 aliphatic carbocycles. The van der Waals surface area contributed by atoms with E-state index in [2.05, 4.69) is 22.8 Å². The predicted octanol–water partition coefficient (Wildman–Crippen LogP) is 3.17. The van der Waals surface area contributed by atoms with Gasteiger partial charge in [-0.1, -0.05) is 18.9 Å². The van der Waals surface area contributed by atoms with Crippen LogP contribution in [-0.2, 0) is 11.2 Å². The molecule has 0 unspecified atom stereocenters. The third-order valence-corrected chi connectivity index (χ3v) is 4.04. The van der Waals surface area contributed by atoms with Gasteiger partial charge >= 0.3 is 0 Å². The fourth-order valence-electron chi connectivity index (χ4n) is 2.97. The molecular formula is C15H20N2O. The highest BCUT2D eigenvalue weighted by Crippen LogP contribution is 2.28. The summed E-state index contributed by atoms with van der Waals surface area (Å²) in [6, 6.07) is 6.23. The van der Waals surface area contributed by atoms with E-state index < -0.39 is 0 Å². The van der Waals surface area contributed by atoms with Crippen molar-refractivity contribution in [1.82, 2.24) is 0 Å². The normalized spacial score (nSPS) is 19.1. The van der Waals surface area contributed by atoms with Crippen molar-refractivity contribution < 1.29 is 4.79 Å². The van der Waals surface area contributed by atoms with E-state index in [1.165, 1.54) is 30.5 Å². The molecule has 0 saturated heterocycles. The molecule has 0 aromatic heterocycles. The van der Waals surface area contributed by atoms with Crippen molar-refractivity contribution in [2.24, 2.45) is 5.92 Å². The molecule has 0 bridgehead atoms. The lowest BCUT2D eigenvalue weighted by molar-refractivity contribution is -0.119. The molecule has 2 aliphatic rings. The van der Waals surface area contributed by atoms with Crippen molar-refractivity contribution in [3.05, 3.63) is 23.8 Å². The molecule has 0 atom stereocenters. The zero-order valence-corrected chi connectivity index (χ0v) is 10.7. The molecule has 1 heterocycles. The Morgan fingerprint density at radius 1 is 1.22 bits per heavy atom. The van der Waals surface area contributed by atoms with Crippen molar-refractivity contribution in [2.45, 2.75) is 38.5 Å². The molecule has 3 nitrogen and oxygen atoms in total. The summed E-state index contributed by atoms with van der Waals surface area (Å²) >= 11 is 0. The van der Waals surface area contributed by atoms with Crippen LogP contribution in [0.2, 0.25) is 0 Å². The Morgan fingerprint density at radius 2 is 2.06 bits per heavy atom. The second-order valence-corrected chi connectivity index (χ2v) is 5.37. The topological polar surface area (TPSA) is 41.1 Å². The van der Waals surface area contributed by atoms with Crippen molar-refractivity contribution in [2.75, 3.05) is 17.2 Å². The summed E-state index contributed by atoms with van der Waals surface area (Å²) in [6.07, 6.45) is 6.83. The minimum atomic E-state index is 0.197. The zero-order valence-electron chi connectivity index (χ0n) is 10.7. The minimum absolute atomic E-state index is 0.197. The van der Waals surface area contributed by atoms with Crippen LogP contribution < -0.4 is 10.6 Å². The van der Waals surface area contributed by atoms with Crippen molar-refractivity contribution in [3.8, 4) is 0 Å². The number of hydrogen-bond donors (Lipinski definition) is 2. The van der Waals surface area contributed by atoms with Crippen molar-refractivity contribution in [1.29, 1.82) is 0 Å². The molecular weight excluding hydrogens is 224 g/mol. The molecule has 18 heavy (non-hydrogen) atoms. The van der Waals surface area contributed by atoms with Crippen LogP contribution in [0, 0.1) is 5.92 Å². The van der Waals surface area contributed by atoms with Gasteiger partial charge in [-0.2, -0.15) is 0 Å². The number of benzene rings is 1. The average molecular weight is 244 g/mol. The van der Waals surface area contributed by atoms with E-state index in [0.717, 1.165) is 31.5 Å². The maximum atomic E-state index is 12.1. The van der Waals surface area contributed by atoms with Crippen molar-refractivity contribution >= 4 is 17.3 Å². The molecule has 96 valence electrons. The first-order valence-corrected chi connectivity index (χ1v) is 7.00. The first kappa shape index (κ1) is 11.6. The number of amides is 1. The van der Waals surface area contributed by atoms with Crippen LogP contribution in [0.15, 0.2) is 18.2 Å². The Hall–Kier alpha value is -1.51. The Morgan fingerprint density at radius 3 is 2.89 bits per heavy atom. The van der Waals surface area contributed by atoms with E-state index in [4.69, 9.17) is 0 Å². The van der Waals surface area contributed by atoms with Gasteiger partial charge < -0.3 is 10.6 Å². The maximum absolute atomic E-state index is 12.1. The van der Waals surface area contributed by atoms with E-state index in [-0.39, 0.29) is 11.8 Å². The molecule has 1 aliphatic heterocycles.